The normalized spacial score (nSPS) is 19.4. The number of halogens is 1. The second-order valence-electron chi connectivity index (χ2n) is 10.6. The standard InChI is InChI=1S/C30H33FN8O/c1-36-15-17-37(18-16-36)29-30(40)38(26-8-10-27(11-9-26)39-14-13-33-35-39)21-25(34-29)3-2-12-32-20-23-19-28(23)22-4-6-24(31)7-5-22/h4-11,13-14,20-21,23,28H,2-3,12,15-19H2,1H3/b32-20+/t23?,28-/m0/s1. The summed E-state index contributed by atoms with van der Waals surface area (Å²) in [6.45, 7) is 4.03. The van der Waals surface area contributed by atoms with Gasteiger partial charge in [0, 0.05) is 56.7 Å². The number of piperazine rings is 1. The lowest BCUT2D eigenvalue weighted by Gasteiger charge is -2.33. The van der Waals surface area contributed by atoms with Gasteiger partial charge in [0.05, 0.1) is 23.8 Å². The molecule has 4 aromatic rings. The predicted molar refractivity (Wildman–Crippen MR) is 153 cm³/mol. The molecule has 10 heteroatoms. The molecule has 9 nitrogen and oxygen atoms in total. The van der Waals surface area contributed by atoms with E-state index >= 15 is 0 Å². The van der Waals surface area contributed by atoms with Crippen molar-refractivity contribution in [3.05, 3.63) is 94.5 Å². The number of hydrogen-bond donors (Lipinski definition) is 0. The molecule has 2 aromatic carbocycles. The van der Waals surface area contributed by atoms with Gasteiger partial charge in [0.15, 0.2) is 5.82 Å². The third-order valence-electron chi connectivity index (χ3n) is 7.71. The second-order valence-corrected chi connectivity index (χ2v) is 10.6. The van der Waals surface area contributed by atoms with Crippen LogP contribution < -0.4 is 10.5 Å². The highest BCUT2D eigenvalue weighted by molar-refractivity contribution is 5.67. The van der Waals surface area contributed by atoms with E-state index in [1.165, 1.54) is 17.7 Å². The molecule has 3 heterocycles. The summed E-state index contributed by atoms with van der Waals surface area (Å²) >= 11 is 0. The van der Waals surface area contributed by atoms with Gasteiger partial charge in [-0.15, -0.1) is 5.10 Å². The number of aryl methyl sites for hydroxylation is 1. The number of aliphatic imine (C=N–C) groups is 1. The van der Waals surface area contributed by atoms with Crippen molar-refractivity contribution in [3.63, 3.8) is 0 Å². The van der Waals surface area contributed by atoms with Gasteiger partial charge in [0.1, 0.15) is 5.82 Å². The Bertz CT molecular complexity index is 1510. The van der Waals surface area contributed by atoms with Gasteiger partial charge in [-0.25, -0.2) is 14.1 Å². The van der Waals surface area contributed by atoms with Crippen LogP contribution in [0.25, 0.3) is 11.4 Å². The van der Waals surface area contributed by atoms with E-state index < -0.39 is 0 Å². The van der Waals surface area contributed by atoms with Gasteiger partial charge < -0.3 is 9.80 Å². The zero-order valence-corrected chi connectivity index (χ0v) is 22.6. The van der Waals surface area contributed by atoms with Crippen LogP contribution in [0.4, 0.5) is 10.2 Å². The minimum absolute atomic E-state index is 0.111. The van der Waals surface area contributed by atoms with Crippen molar-refractivity contribution in [1.82, 2.24) is 29.4 Å². The molecule has 2 atom stereocenters. The van der Waals surface area contributed by atoms with Crippen molar-refractivity contribution in [1.29, 1.82) is 0 Å². The van der Waals surface area contributed by atoms with E-state index in [0.717, 1.165) is 62.5 Å². The van der Waals surface area contributed by atoms with E-state index in [2.05, 4.69) is 38.4 Å². The number of anilines is 1. The summed E-state index contributed by atoms with van der Waals surface area (Å²) in [5, 5.41) is 7.91. The van der Waals surface area contributed by atoms with Crippen LogP contribution in [0.15, 0.2) is 76.9 Å². The van der Waals surface area contributed by atoms with E-state index in [9.17, 15) is 9.18 Å². The monoisotopic (exact) mass is 540 g/mol. The summed E-state index contributed by atoms with van der Waals surface area (Å²) in [4.78, 5) is 27.5. The topological polar surface area (TPSA) is 84.4 Å². The molecule has 0 bridgehead atoms. The van der Waals surface area contributed by atoms with Crippen molar-refractivity contribution < 1.29 is 4.39 Å². The van der Waals surface area contributed by atoms with Crippen LogP contribution in [0, 0.1) is 11.7 Å². The van der Waals surface area contributed by atoms with Crippen molar-refractivity contribution in [2.24, 2.45) is 10.9 Å². The Kier molecular flexibility index (Phi) is 7.50. The van der Waals surface area contributed by atoms with Gasteiger partial charge in [-0.1, -0.05) is 17.3 Å². The first-order valence-electron chi connectivity index (χ1n) is 13.8. The van der Waals surface area contributed by atoms with E-state index in [1.807, 2.05) is 42.6 Å². The lowest BCUT2D eigenvalue weighted by atomic mass is 10.1. The highest BCUT2D eigenvalue weighted by Gasteiger charge is 2.36. The first-order chi connectivity index (χ1) is 19.5. The average molecular weight is 541 g/mol. The molecular formula is C30H33FN8O. The number of benzene rings is 2. The van der Waals surface area contributed by atoms with Crippen molar-refractivity contribution in [2.45, 2.75) is 25.2 Å². The Balaban J connectivity index is 1.16. The van der Waals surface area contributed by atoms with Crippen LogP contribution in [-0.2, 0) is 6.42 Å². The molecule has 0 spiro atoms. The number of likely N-dealkylation sites (N-methyl/N-ethyl adjacent to an activating group) is 1. The quantitative estimate of drug-likeness (QED) is 0.239. The number of hydrogen-bond acceptors (Lipinski definition) is 7. The fraction of sp³-hybridized carbons (Fsp3) is 0.367. The summed E-state index contributed by atoms with van der Waals surface area (Å²) in [5.74, 6) is 1.18. The molecule has 2 fully saturated rings. The largest absolute Gasteiger partial charge is 0.349 e. The maximum atomic E-state index is 13.6. The summed E-state index contributed by atoms with van der Waals surface area (Å²) in [7, 11) is 2.10. The maximum Gasteiger partial charge on any atom is 0.298 e. The van der Waals surface area contributed by atoms with Crippen LogP contribution in [-0.4, -0.2) is 75.4 Å². The minimum Gasteiger partial charge on any atom is -0.349 e. The van der Waals surface area contributed by atoms with Crippen LogP contribution in [0.1, 0.15) is 30.0 Å². The van der Waals surface area contributed by atoms with E-state index in [4.69, 9.17) is 4.98 Å². The summed E-state index contributed by atoms with van der Waals surface area (Å²) < 4.78 is 16.6. The van der Waals surface area contributed by atoms with E-state index in [-0.39, 0.29) is 11.4 Å². The Morgan fingerprint density at radius 2 is 1.77 bits per heavy atom. The number of rotatable bonds is 9. The lowest BCUT2D eigenvalue weighted by molar-refractivity contribution is 0.311. The van der Waals surface area contributed by atoms with Crippen molar-refractivity contribution in [2.75, 3.05) is 44.7 Å². The van der Waals surface area contributed by atoms with Gasteiger partial charge in [0.2, 0.25) is 0 Å². The molecule has 1 saturated carbocycles. The SMILES string of the molecule is CN1CCN(c2nc(CCC/N=C/C3C[C@H]3c3ccc(F)cc3)cn(-c3ccc(-n4ccnn4)cc3)c2=O)CC1. The molecule has 1 aliphatic carbocycles. The Hall–Kier alpha value is -4.18. The van der Waals surface area contributed by atoms with Crippen molar-refractivity contribution >= 4 is 12.0 Å². The molecule has 40 heavy (non-hydrogen) atoms. The first kappa shape index (κ1) is 26.1. The molecule has 1 aliphatic heterocycles. The molecular weight excluding hydrogens is 507 g/mol. The summed E-state index contributed by atoms with van der Waals surface area (Å²) in [6.07, 6.45) is 9.95. The zero-order chi connectivity index (χ0) is 27.5. The molecule has 206 valence electrons. The second kappa shape index (κ2) is 11.5. The molecule has 1 saturated heterocycles. The smallest absolute Gasteiger partial charge is 0.298 e. The van der Waals surface area contributed by atoms with Crippen LogP contribution in [0.5, 0.6) is 0 Å². The van der Waals surface area contributed by atoms with Gasteiger partial charge in [-0.2, -0.15) is 0 Å². The molecule has 6 rings (SSSR count). The first-order valence-corrected chi connectivity index (χ1v) is 13.8. The van der Waals surface area contributed by atoms with Crippen molar-refractivity contribution in [3.8, 4) is 11.4 Å². The predicted octanol–water partition coefficient (Wildman–Crippen LogP) is 3.51. The van der Waals surface area contributed by atoms with Gasteiger partial charge >= 0.3 is 0 Å². The highest BCUT2D eigenvalue weighted by atomic mass is 19.1. The number of aromatic nitrogens is 5. The summed E-state index contributed by atoms with van der Waals surface area (Å²) in [6, 6.07) is 14.5. The molecule has 0 amide bonds. The fourth-order valence-electron chi connectivity index (χ4n) is 5.21. The molecule has 1 unspecified atom stereocenters. The molecule has 2 aliphatic rings. The third-order valence-corrected chi connectivity index (χ3v) is 7.71. The fourth-order valence-corrected chi connectivity index (χ4v) is 5.21. The van der Waals surface area contributed by atoms with E-state index in [0.29, 0.717) is 24.2 Å². The van der Waals surface area contributed by atoms with Crippen LogP contribution in [0.3, 0.4) is 0 Å². The zero-order valence-electron chi connectivity index (χ0n) is 22.6. The third kappa shape index (κ3) is 5.86. The maximum absolute atomic E-state index is 13.6. The van der Waals surface area contributed by atoms with Gasteiger partial charge in [-0.3, -0.25) is 14.4 Å². The van der Waals surface area contributed by atoms with Crippen LogP contribution in [0.2, 0.25) is 0 Å². The van der Waals surface area contributed by atoms with Gasteiger partial charge in [-0.05, 0) is 74.2 Å². The Morgan fingerprint density at radius 1 is 1.02 bits per heavy atom. The lowest BCUT2D eigenvalue weighted by Crippen LogP contribution is -2.47. The molecule has 0 radical (unpaired) electrons. The summed E-state index contributed by atoms with van der Waals surface area (Å²) in [5.41, 5.74) is 3.60. The highest BCUT2D eigenvalue weighted by Crippen LogP contribution is 2.46. The van der Waals surface area contributed by atoms with Gasteiger partial charge in [0.25, 0.3) is 5.56 Å². The Morgan fingerprint density at radius 3 is 2.50 bits per heavy atom. The number of nitrogens with zero attached hydrogens (tertiary/aromatic N) is 8. The molecule has 2 aromatic heterocycles. The molecule has 0 N–H and O–H groups in total. The van der Waals surface area contributed by atoms with Crippen LogP contribution >= 0.6 is 0 Å². The minimum atomic E-state index is -0.200. The average Bonchev–Trinajstić information content (AvgIpc) is 3.53. The Labute approximate surface area is 232 Å². The van der Waals surface area contributed by atoms with E-state index in [1.54, 1.807) is 21.6 Å².